The van der Waals surface area contributed by atoms with Crippen LogP contribution in [0.4, 0.5) is 0 Å². The smallest absolute Gasteiger partial charge is 0.395 e. The lowest BCUT2D eigenvalue weighted by Crippen LogP contribution is -2.39. The third kappa shape index (κ3) is 1.26. The summed E-state index contributed by atoms with van der Waals surface area (Å²) in [6.07, 6.45) is 0. The van der Waals surface area contributed by atoms with Gasteiger partial charge in [0.15, 0.2) is 0 Å². The second-order valence-electron chi connectivity index (χ2n) is 2.68. The molecule has 0 radical (unpaired) electrons. The number of fused-ring (bicyclic) bond motifs is 1. The second-order valence-corrected chi connectivity index (χ2v) is 2.68. The molecule has 0 bridgehead atoms. The maximum absolute atomic E-state index is 11.2. The molecular formula is C8H7N3O3. The molecule has 6 heteroatoms. The highest BCUT2D eigenvalue weighted by Gasteiger charge is 2.07. The van der Waals surface area contributed by atoms with Crippen LogP contribution < -0.4 is 15.3 Å². The number of aromatic nitrogens is 3. The van der Waals surface area contributed by atoms with Crippen LogP contribution in [-0.2, 0) is 0 Å². The number of methoxy groups -OCH3 is 1. The number of H-pyrrole nitrogens is 1. The van der Waals surface area contributed by atoms with E-state index >= 15 is 0 Å². The van der Waals surface area contributed by atoms with Crippen molar-refractivity contribution < 1.29 is 9.58 Å². The molecule has 2 aromatic rings. The third-order valence-corrected chi connectivity index (χ3v) is 1.82. The molecule has 0 saturated heterocycles. The Morgan fingerprint density at radius 2 is 2.36 bits per heavy atom. The van der Waals surface area contributed by atoms with Gasteiger partial charge < -0.3 is 9.94 Å². The van der Waals surface area contributed by atoms with Gasteiger partial charge in [0.1, 0.15) is 11.3 Å². The molecule has 1 aromatic heterocycles. The Balaban J connectivity index is 2.82. The first-order valence-electron chi connectivity index (χ1n) is 3.88. The molecule has 0 aliphatic rings. The Morgan fingerprint density at radius 3 is 3.07 bits per heavy atom. The minimum atomic E-state index is -0.669. The highest BCUT2D eigenvalue weighted by Crippen LogP contribution is 2.14. The maximum Gasteiger partial charge on any atom is 0.395 e. The summed E-state index contributed by atoms with van der Waals surface area (Å²) in [5.41, 5.74) is -0.0637. The number of benzene rings is 1. The molecule has 0 saturated carbocycles. The Kier molecular flexibility index (Phi) is 1.81. The quantitative estimate of drug-likeness (QED) is 0.492. The zero-order chi connectivity index (χ0) is 10.1. The fourth-order valence-corrected chi connectivity index (χ4v) is 1.17. The SMILES string of the molecule is COc1ccc2nc(=O)[nH][n+]([O-])c2c1. The lowest BCUT2D eigenvalue weighted by molar-refractivity contribution is -0.644. The van der Waals surface area contributed by atoms with E-state index in [0.29, 0.717) is 16.1 Å². The maximum atomic E-state index is 11.2. The van der Waals surface area contributed by atoms with Crippen LogP contribution in [-0.4, -0.2) is 17.2 Å². The minimum Gasteiger partial charge on any atom is -0.595 e. The largest absolute Gasteiger partial charge is 0.595 e. The van der Waals surface area contributed by atoms with Gasteiger partial charge in [-0.2, -0.15) is 4.98 Å². The molecule has 72 valence electrons. The normalized spacial score (nSPS) is 10.4. The van der Waals surface area contributed by atoms with Gasteiger partial charge in [0.05, 0.1) is 13.2 Å². The van der Waals surface area contributed by atoms with Crippen molar-refractivity contribution in [1.29, 1.82) is 0 Å². The summed E-state index contributed by atoms with van der Waals surface area (Å²) in [6.45, 7) is 0. The molecule has 6 nitrogen and oxygen atoms in total. The fourth-order valence-electron chi connectivity index (χ4n) is 1.17. The van der Waals surface area contributed by atoms with Crippen LogP contribution in [0.25, 0.3) is 11.0 Å². The number of hydrogen-bond donors (Lipinski definition) is 1. The highest BCUT2D eigenvalue weighted by atomic mass is 16.5. The molecule has 1 aromatic carbocycles. The van der Waals surface area contributed by atoms with Crippen molar-refractivity contribution in [2.24, 2.45) is 0 Å². The van der Waals surface area contributed by atoms with Crippen LogP contribution >= 0.6 is 0 Å². The summed E-state index contributed by atoms with van der Waals surface area (Å²) >= 11 is 0. The van der Waals surface area contributed by atoms with E-state index in [1.54, 1.807) is 12.1 Å². The average Bonchev–Trinajstić information content (AvgIpc) is 2.17. The molecule has 1 heterocycles. The fraction of sp³-hybridized carbons (Fsp3) is 0.125. The second kappa shape index (κ2) is 2.99. The average molecular weight is 193 g/mol. The monoisotopic (exact) mass is 193 g/mol. The summed E-state index contributed by atoms with van der Waals surface area (Å²) in [5, 5.41) is 13.2. The van der Waals surface area contributed by atoms with E-state index in [1.807, 2.05) is 5.10 Å². The summed E-state index contributed by atoms with van der Waals surface area (Å²) in [5.74, 6) is 0.538. The van der Waals surface area contributed by atoms with Gasteiger partial charge >= 0.3 is 5.69 Å². The molecule has 0 amide bonds. The topological polar surface area (TPSA) is 81.9 Å². The van der Waals surface area contributed by atoms with Crippen LogP contribution in [0.2, 0.25) is 0 Å². The van der Waals surface area contributed by atoms with Gasteiger partial charge in [-0.15, -0.1) is 0 Å². The van der Waals surface area contributed by atoms with E-state index in [4.69, 9.17) is 4.74 Å². The summed E-state index contributed by atoms with van der Waals surface area (Å²) in [6, 6.07) is 4.69. The van der Waals surface area contributed by atoms with E-state index in [2.05, 4.69) is 4.98 Å². The molecule has 1 N–H and O–H groups in total. The van der Waals surface area contributed by atoms with Crippen LogP contribution in [0.5, 0.6) is 5.75 Å². The van der Waals surface area contributed by atoms with Crippen LogP contribution in [0.15, 0.2) is 23.0 Å². The first-order chi connectivity index (χ1) is 6.70. The number of ether oxygens (including phenoxy) is 1. The van der Waals surface area contributed by atoms with Crippen molar-refractivity contribution >= 4 is 11.0 Å². The van der Waals surface area contributed by atoms with Gasteiger partial charge in [-0.3, -0.25) is 0 Å². The highest BCUT2D eigenvalue weighted by molar-refractivity contribution is 5.72. The van der Waals surface area contributed by atoms with Gasteiger partial charge in [-0.1, -0.05) is 9.94 Å². The molecule has 2 rings (SSSR count). The predicted molar refractivity (Wildman–Crippen MR) is 47.9 cm³/mol. The standard InChI is InChI=1S/C8H7N3O3/c1-14-5-2-3-6-7(4-5)11(13)10-8(12)9-6/h2-4H,1H3,(H,9,10,12). The molecule has 0 fully saturated rings. The first-order valence-corrected chi connectivity index (χ1v) is 3.88. The zero-order valence-corrected chi connectivity index (χ0v) is 7.35. The summed E-state index contributed by atoms with van der Waals surface area (Å²) in [7, 11) is 1.50. The lowest BCUT2D eigenvalue weighted by atomic mass is 10.3. The van der Waals surface area contributed by atoms with Crippen LogP contribution in [0.1, 0.15) is 0 Å². The molecular weight excluding hydrogens is 186 g/mol. The molecule has 0 unspecified atom stereocenters. The Labute approximate surface area is 78.3 Å². The van der Waals surface area contributed by atoms with Crippen molar-refractivity contribution in [1.82, 2.24) is 10.1 Å². The first kappa shape index (κ1) is 8.49. The van der Waals surface area contributed by atoms with Gasteiger partial charge in [-0.25, -0.2) is 4.79 Å². The minimum absolute atomic E-state index is 0.268. The molecule has 0 aliphatic carbocycles. The number of nitrogens with zero attached hydrogens (tertiary/aromatic N) is 2. The van der Waals surface area contributed by atoms with Gasteiger partial charge in [-0.05, 0) is 12.1 Å². The summed E-state index contributed by atoms with van der Waals surface area (Å²) < 4.78 is 4.94. The van der Waals surface area contributed by atoms with Crippen molar-refractivity contribution in [2.75, 3.05) is 7.11 Å². The molecule has 0 spiro atoms. The van der Waals surface area contributed by atoms with Gasteiger partial charge in [0, 0.05) is 0 Å². The Morgan fingerprint density at radius 1 is 1.57 bits per heavy atom. The van der Waals surface area contributed by atoms with Crippen molar-refractivity contribution in [3.8, 4) is 5.75 Å². The zero-order valence-electron chi connectivity index (χ0n) is 7.35. The van der Waals surface area contributed by atoms with Gasteiger partial charge in [0.25, 0.3) is 5.52 Å². The molecule has 0 aliphatic heterocycles. The van der Waals surface area contributed by atoms with Crippen molar-refractivity contribution in [2.45, 2.75) is 0 Å². The van der Waals surface area contributed by atoms with E-state index in [9.17, 15) is 10.0 Å². The molecule has 0 atom stereocenters. The van der Waals surface area contributed by atoms with Crippen molar-refractivity contribution in [3.63, 3.8) is 0 Å². The van der Waals surface area contributed by atoms with Crippen LogP contribution in [0, 0.1) is 5.21 Å². The Hall–Kier alpha value is -2.11. The predicted octanol–water partition coefficient (Wildman–Crippen LogP) is -0.435. The Bertz CT molecular complexity index is 535. The van der Waals surface area contributed by atoms with Gasteiger partial charge in [0.2, 0.25) is 0 Å². The van der Waals surface area contributed by atoms with Crippen LogP contribution in [0.3, 0.4) is 0 Å². The van der Waals surface area contributed by atoms with E-state index < -0.39 is 5.69 Å². The van der Waals surface area contributed by atoms with E-state index in [0.717, 1.165) is 0 Å². The molecule has 14 heavy (non-hydrogen) atoms. The van der Waals surface area contributed by atoms with Crippen molar-refractivity contribution in [3.05, 3.63) is 33.9 Å². The summed E-state index contributed by atoms with van der Waals surface area (Å²) in [4.78, 5) is 14.8. The number of rotatable bonds is 1. The van der Waals surface area contributed by atoms with E-state index in [-0.39, 0.29) is 5.52 Å². The number of hydrogen-bond acceptors (Lipinski definition) is 4. The lowest BCUT2D eigenvalue weighted by Gasteiger charge is -2.01. The third-order valence-electron chi connectivity index (χ3n) is 1.82. The number of nitrogens with one attached hydrogen (secondary N) is 1. The number of aromatic amines is 1. The van der Waals surface area contributed by atoms with E-state index in [1.165, 1.54) is 13.2 Å².